The zero-order valence-corrected chi connectivity index (χ0v) is 13.6. The van der Waals surface area contributed by atoms with Crippen LogP contribution < -0.4 is 0 Å². The smallest absolute Gasteiger partial charge is 0.204 e. The topological polar surface area (TPSA) is 60.7 Å². The van der Waals surface area contributed by atoms with E-state index in [1.807, 2.05) is 24.3 Å². The predicted octanol–water partition coefficient (Wildman–Crippen LogP) is 3.64. The maximum Gasteiger partial charge on any atom is 0.204 e. The Morgan fingerprint density at radius 3 is 2.77 bits per heavy atom. The Kier molecular flexibility index (Phi) is 4.31. The standard InChI is InChI=1S/C15H10BrClN4O/c16-12-5-1-3-10(7-12)14(22)9-21-19-15(18-20-21)11-4-2-6-13(17)8-11/h1-8H,9H2. The zero-order chi connectivity index (χ0) is 15.5. The molecular weight excluding hydrogens is 368 g/mol. The molecule has 5 nitrogen and oxygen atoms in total. The first kappa shape index (κ1) is 14.9. The number of hydrogen-bond donors (Lipinski definition) is 0. The van der Waals surface area contributed by atoms with E-state index in [1.165, 1.54) is 4.80 Å². The number of Topliss-reactive ketones (excluding diaryl/α,β-unsaturated/α-hetero) is 1. The van der Waals surface area contributed by atoms with Crippen LogP contribution in [0.15, 0.2) is 53.0 Å². The average Bonchev–Trinajstić information content (AvgIpc) is 2.96. The van der Waals surface area contributed by atoms with Crippen LogP contribution in [0.1, 0.15) is 10.4 Å². The van der Waals surface area contributed by atoms with Crippen molar-refractivity contribution in [3.63, 3.8) is 0 Å². The molecule has 3 rings (SSSR count). The van der Waals surface area contributed by atoms with Crippen LogP contribution in [0, 0.1) is 0 Å². The molecule has 1 aromatic heterocycles. The van der Waals surface area contributed by atoms with Gasteiger partial charge in [-0.25, -0.2) is 0 Å². The highest BCUT2D eigenvalue weighted by Gasteiger charge is 2.11. The van der Waals surface area contributed by atoms with Crippen LogP contribution in [0.2, 0.25) is 5.02 Å². The van der Waals surface area contributed by atoms with Crippen molar-refractivity contribution in [2.24, 2.45) is 0 Å². The third-order valence-electron chi connectivity index (χ3n) is 2.97. The summed E-state index contributed by atoms with van der Waals surface area (Å²) in [6.07, 6.45) is 0. The van der Waals surface area contributed by atoms with Crippen LogP contribution in [0.25, 0.3) is 11.4 Å². The number of carbonyl (C=O) groups is 1. The number of aromatic nitrogens is 4. The van der Waals surface area contributed by atoms with Crippen molar-refractivity contribution in [3.8, 4) is 11.4 Å². The summed E-state index contributed by atoms with van der Waals surface area (Å²) in [5.74, 6) is 0.348. The molecule has 22 heavy (non-hydrogen) atoms. The van der Waals surface area contributed by atoms with Gasteiger partial charge in [-0.15, -0.1) is 10.2 Å². The molecule has 0 radical (unpaired) electrons. The van der Waals surface area contributed by atoms with Crippen LogP contribution in [0.4, 0.5) is 0 Å². The van der Waals surface area contributed by atoms with Gasteiger partial charge in [-0.05, 0) is 29.5 Å². The SMILES string of the molecule is O=C(Cn1nnc(-c2cccc(Cl)c2)n1)c1cccc(Br)c1. The maximum absolute atomic E-state index is 12.2. The summed E-state index contributed by atoms with van der Waals surface area (Å²) >= 11 is 9.28. The van der Waals surface area contributed by atoms with Gasteiger partial charge in [0.05, 0.1) is 0 Å². The lowest BCUT2D eigenvalue weighted by Gasteiger charge is -2.00. The molecule has 0 fully saturated rings. The van der Waals surface area contributed by atoms with E-state index in [2.05, 4.69) is 31.3 Å². The summed E-state index contributed by atoms with van der Waals surface area (Å²) in [5, 5.41) is 12.7. The largest absolute Gasteiger partial charge is 0.292 e. The normalized spacial score (nSPS) is 10.6. The van der Waals surface area contributed by atoms with Gasteiger partial charge in [-0.3, -0.25) is 4.79 Å². The molecule has 0 spiro atoms. The Morgan fingerprint density at radius 2 is 2.00 bits per heavy atom. The van der Waals surface area contributed by atoms with E-state index < -0.39 is 0 Å². The van der Waals surface area contributed by atoms with Gasteiger partial charge in [-0.1, -0.05) is 51.8 Å². The second-order valence-corrected chi connectivity index (χ2v) is 5.94. The van der Waals surface area contributed by atoms with E-state index in [9.17, 15) is 4.79 Å². The monoisotopic (exact) mass is 376 g/mol. The summed E-state index contributed by atoms with van der Waals surface area (Å²) < 4.78 is 0.851. The molecule has 0 saturated carbocycles. The molecule has 0 unspecified atom stereocenters. The quantitative estimate of drug-likeness (QED) is 0.651. The van der Waals surface area contributed by atoms with Crippen molar-refractivity contribution in [2.45, 2.75) is 6.54 Å². The highest BCUT2D eigenvalue weighted by atomic mass is 79.9. The van der Waals surface area contributed by atoms with Gasteiger partial charge in [0.2, 0.25) is 5.82 Å². The van der Waals surface area contributed by atoms with Gasteiger partial charge in [0.1, 0.15) is 6.54 Å². The Hall–Kier alpha value is -2.05. The molecule has 3 aromatic rings. The van der Waals surface area contributed by atoms with Gasteiger partial charge in [-0.2, -0.15) is 4.80 Å². The first-order valence-electron chi connectivity index (χ1n) is 6.44. The zero-order valence-electron chi connectivity index (χ0n) is 11.3. The second kappa shape index (κ2) is 6.37. The van der Waals surface area contributed by atoms with Crippen molar-refractivity contribution in [3.05, 3.63) is 63.6 Å². The van der Waals surface area contributed by atoms with Gasteiger partial charge in [0.15, 0.2) is 5.78 Å². The Morgan fingerprint density at radius 1 is 1.18 bits per heavy atom. The summed E-state index contributed by atoms with van der Waals surface area (Å²) in [6, 6.07) is 14.4. The number of carbonyl (C=O) groups excluding carboxylic acids is 1. The lowest BCUT2D eigenvalue weighted by atomic mass is 10.1. The van der Waals surface area contributed by atoms with Crippen molar-refractivity contribution >= 4 is 33.3 Å². The van der Waals surface area contributed by atoms with Gasteiger partial charge >= 0.3 is 0 Å². The fourth-order valence-corrected chi connectivity index (χ4v) is 2.52. The molecular formula is C15H10BrClN4O. The molecule has 7 heteroatoms. The second-order valence-electron chi connectivity index (χ2n) is 4.59. The lowest BCUT2D eigenvalue weighted by Crippen LogP contribution is -2.13. The minimum Gasteiger partial charge on any atom is -0.292 e. The van der Waals surface area contributed by atoms with E-state index in [-0.39, 0.29) is 12.3 Å². The molecule has 2 aromatic carbocycles. The van der Waals surface area contributed by atoms with E-state index in [4.69, 9.17) is 11.6 Å². The summed E-state index contributed by atoms with van der Waals surface area (Å²) in [6.45, 7) is 0.0318. The third-order valence-corrected chi connectivity index (χ3v) is 3.70. The minimum atomic E-state index is -0.0867. The molecule has 0 saturated heterocycles. The summed E-state index contributed by atoms with van der Waals surface area (Å²) in [5.41, 5.74) is 1.35. The number of benzene rings is 2. The Labute approximate surface area is 140 Å². The Bertz CT molecular complexity index is 834. The highest BCUT2D eigenvalue weighted by molar-refractivity contribution is 9.10. The molecule has 110 valence electrons. The number of halogens is 2. The summed E-state index contributed by atoms with van der Waals surface area (Å²) in [4.78, 5) is 13.5. The highest BCUT2D eigenvalue weighted by Crippen LogP contribution is 2.18. The number of ketones is 1. The van der Waals surface area contributed by atoms with Crippen molar-refractivity contribution in [1.29, 1.82) is 0 Å². The number of hydrogen-bond acceptors (Lipinski definition) is 4. The molecule has 1 heterocycles. The van der Waals surface area contributed by atoms with Crippen LogP contribution in [-0.4, -0.2) is 26.0 Å². The fourth-order valence-electron chi connectivity index (χ4n) is 1.93. The summed E-state index contributed by atoms with van der Waals surface area (Å²) in [7, 11) is 0. The number of tetrazole rings is 1. The molecule has 0 bridgehead atoms. The lowest BCUT2D eigenvalue weighted by molar-refractivity contribution is 0.0961. The molecule has 0 atom stereocenters. The molecule has 0 amide bonds. The molecule has 0 aliphatic heterocycles. The van der Waals surface area contributed by atoms with E-state index >= 15 is 0 Å². The van der Waals surface area contributed by atoms with Crippen LogP contribution in [0.5, 0.6) is 0 Å². The van der Waals surface area contributed by atoms with Gasteiger partial charge in [0.25, 0.3) is 0 Å². The van der Waals surface area contributed by atoms with Crippen LogP contribution in [0.3, 0.4) is 0 Å². The molecule has 0 aliphatic carbocycles. The molecule has 0 aliphatic rings. The van der Waals surface area contributed by atoms with Crippen LogP contribution in [-0.2, 0) is 6.54 Å². The average molecular weight is 378 g/mol. The maximum atomic E-state index is 12.2. The van der Waals surface area contributed by atoms with Gasteiger partial charge in [0, 0.05) is 20.6 Å². The molecule has 0 N–H and O–H groups in total. The minimum absolute atomic E-state index is 0.0318. The number of rotatable bonds is 4. The van der Waals surface area contributed by atoms with E-state index in [0.29, 0.717) is 16.4 Å². The van der Waals surface area contributed by atoms with E-state index in [1.54, 1.807) is 24.3 Å². The third kappa shape index (κ3) is 3.40. The van der Waals surface area contributed by atoms with Crippen LogP contribution >= 0.6 is 27.5 Å². The van der Waals surface area contributed by atoms with Crippen molar-refractivity contribution in [1.82, 2.24) is 20.2 Å². The number of nitrogens with zero attached hydrogens (tertiary/aromatic N) is 4. The van der Waals surface area contributed by atoms with Gasteiger partial charge < -0.3 is 0 Å². The van der Waals surface area contributed by atoms with Crippen molar-refractivity contribution in [2.75, 3.05) is 0 Å². The predicted molar refractivity (Wildman–Crippen MR) is 86.7 cm³/mol. The van der Waals surface area contributed by atoms with E-state index in [0.717, 1.165) is 10.0 Å². The first-order chi connectivity index (χ1) is 10.6. The Balaban J connectivity index is 1.78. The first-order valence-corrected chi connectivity index (χ1v) is 7.61. The fraction of sp³-hybridized carbons (Fsp3) is 0.0667. The van der Waals surface area contributed by atoms with Crippen molar-refractivity contribution < 1.29 is 4.79 Å².